The number of halogens is 1. The highest BCUT2D eigenvalue weighted by Crippen LogP contribution is 2.31. The first-order valence-electron chi connectivity index (χ1n) is 7.89. The standard InChI is InChI=1S/C18H19BrN2O2/c19-15-7-5-14(6-8-15)13-20(16-3-1-2-4-16)17-9-11-18(12-10-17)21(22)23/h5-12,16H,1-4,13H2. The zero-order valence-corrected chi connectivity index (χ0v) is 14.4. The fraction of sp³-hybridized carbons (Fsp3) is 0.333. The quantitative estimate of drug-likeness (QED) is 0.526. The summed E-state index contributed by atoms with van der Waals surface area (Å²) in [6.07, 6.45) is 4.89. The highest BCUT2D eigenvalue weighted by molar-refractivity contribution is 9.10. The highest BCUT2D eigenvalue weighted by Gasteiger charge is 2.23. The van der Waals surface area contributed by atoms with E-state index in [9.17, 15) is 10.1 Å². The van der Waals surface area contributed by atoms with Crippen LogP contribution in [0.25, 0.3) is 0 Å². The number of hydrogen-bond acceptors (Lipinski definition) is 3. The van der Waals surface area contributed by atoms with Crippen molar-refractivity contribution in [3.63, 3.8) is 0 Å². The molecule has 3 rings (SSSR count). The minimum Gasteiger partial charge on any atom is -0.364 e. The fourth-order valence-corrected chi connectivity index (χ4v) is 3.46. The van der Waals surface area contributed by atoms with Crippen LogP contribution >= 0.6 is 15.9 Å². The monoisotopic (exact) mass is 374 g/mol. The third-order valence-electron chi connectivity index (χ3n) is 4.42. The second kappa shape index (κ2) is 7.13. The van der Waals surface area contributed by atoms with Gasteiger partial charge in [-0.3, -0.25) is 10.1 Å². The predicted octanol–water partition coefficient (Wildman–Crippen LogP) is 5.31. The summed E-state index contributed by atoms with van der Waals surface area (Å²) in [4.78, 5) is 12.9. The van der Waals surface area contributed by atoms with Gasteiger partial charge in [0.15, 0.2) is 0 Å². The van der Waals surface area contributed by atoms with E-state index in [1.165, 1.54) is 31.2 Å². The normalized spacial score (nSPS) is 14.8. The molecule has 23 heavy (non-hydrogen) atoms. The zero-order chi connectivity index (χ0) is 16.2. The summed E-state index contributed by atoms with van der Waals surface area (Å²) in [5.41, 5.74) is 2.45. The molecule has 1 aliphatic rings. The highest BCUT2D eigenvalue weighted by atomic mass is 79.9. The Morgan fingerprint density at radius 3 is 2.22 bits per heavy atom. The van der Waals surface area contributed by atoms with E-state index in [4.69, 9.17) is 0 Å². The van der Waals surface area contributed by atoms with Gasteiger partial charge in [-0.05, 0) is 42.7 Å². The molecule has 1 aliphatic carbocycles. The first-order chi connectivity index (χ1) is 11.1. The Kier molecular flexibility index (Phi) is 4.96. The van der Waals surface area contributed by atoms with Crippen molar-refractivity contribution in [1.29, 1.82) is 0 Å². The van der Waals surface area contributed by atoms with Crippen LogP contribution in [-0.4, -0.2) is 11.0 Å². The molecule has 0 bridgehead atoms. The first kappa shape index (κ1) is 16.0. The van der Waals surface area contributed by atoms with Crippen LogP contribution < -0.4 is 4.90 Å². The van der Waals surface area contributed by atoms with Gasteiger partial charge >= 0.3 is 0 Å². The first-order valence-corrected chi connectivity index (χ1v) is 8.68. The molecular weight excluding hydrogens is 356 g/mol. The van der Waals surface area contributed by atoms with Crippen LogP contribution in [0.5, 0.6) is 0 Å². The number of nitro groups is 1. The van der Waals surface area contributed by atoms with Crippen LogP contribution in [0.15, 0.2) is 53.0 Å². The fourth-order valence-electron chi connectivity index (χ4n) is 3.20. The molecule has 0 radical (unpaired) electrons. The van der Waals surface area contributed by atoms with E-state index in [2.05, 4.69) is 45.1 Å². The summed E-state index contributed by atoms with van der Waals surface area (Å²) in [5, 5.41) is 10.8. The maximum Gasteiger partial charge on any atom is 0.269 e. The van der Waals surface area contributed by atoms with Gasteiger partial charge in [0.05, 0.1) is 4.92 Å². The molecule has 4 nitrogen and oxygen atoms in total. The van der Waals surface area contributed by atoms with E-state index in [0.717, 1.165) is 16.7 Å². The molecule has 0 unspecified atom stereocenters. The van der Waals surface area contributed by atoms with Crippen molar-refractivity contribution in [1.82, 2.24) is 0 Å². The maximum atomic E-state index is 10.8. The van der Waals surface area contributed by atoms with Crippen molar-refractivity contribution >= 4 is 27.3 Å². The largest absolute Gasteiger partial charge is 0.364 e. The number of non-ortho nitro benzene ring substituents is 1. The average Bonchev–Trinajstić information content (AvgIpc) is 3.08. The Balaban J connectivity index is 1.85. The number of hydrogen-bond donors (Lipinski definition) is 0. The number of rotatable bonds is 5. The minimum absolute atomic E-state index is 0.142. The van der Waals surface area contributed by atoms with E-state index < -0.39 is 0 Å². The Morgan fingerprint density at radius 2 is 1.65 bits per heavy atom. The molecule has 2 aromatic rings. The Morgan fingerprint density at radius 1 is 1.04 bits per heavy atom. The molecule has 0 amide bonds. The van der Waals surface area contributed by atoms with Gasteiger partial charge in [-0.15, -0.1) is 0 Å². The third kappa shape index (κ3) is 3.91. The second-order valence-corrected chi connectivity index (χ2v) is 6.88. The lowest BCUT2D eigenvalue weighted by atomic mass is 10.1. The average molecular weight is 375 g/mol. The number of anilines is 1. The molecule has 0 N–H and O–H groups in total. The number of nitro benzene ring substituents is 1. The van der Waals surface area contributed by atoms with E-state index in [0.29, 0.717) is 6.04 Å². The lowest BCUT2D eigenvalue weighted by molar-refractivity contribution is -0.384. The molecule has 0 aliphatic heterocycles. The summed E-state index contributed by atoms with van der Waals surface area (Å²) in [6, 6.07) is 15.8. The summed E-state index contributed by atoms with van der Waals surface area (Å²) < 4.78 is 1.07. The number of benzene rings is 2. The van der Waals surface area contributed by atoms with Crippen LogP contribution in [-0.2, 0) is 6.54 Å². The van der Waals surface area contributed by atoms with Gasteiger partial charge in [0.2, 0.25) is 0 Å². The summed E-state index contributed by atoms with van der Waals surface area (Å²) in [5.74, 6) is 0. The van der Waals surface area contributed by atoms with E-state index >= 15 is 0 Å². The van der Waals surface area contributed by atoms with E-state index in [-0.39, 0.29) is 10.6 Å². The van der Waals surface area contributed by atoms with E-state index in [1.54, 1.807) is 12.1 Å². The van der Waals surface area contributed by atoms with Gasteiger partial charge in [-0.25, -0.2) is 0 Å². The predicted molar refractivity (Wildman–Crippen MR) is 95.7 cm³/mol. The third-order valence-corrected chi connectivity index (χ3v) is 4.95. The maximum absolute atomic E-state index is 10.8. The molecule has 120 valence electrons. The topological polar surface area (TPSA) is 46.4 Å². The van der Waals surface area contributed by atoms with Crippen molar-refractivity contribution in [2.75, 3.05) is 4.90 Å². The SMILES string of the molecule is O=[N+]([O-])c1ccc(N(Cc2ccc(Br)cc2)C2CCCC2)cc1. The van der Waals surface area contributed by atoms with Gasteiger partial charge < -0.3 is 4.90 Å². The molecular formula is C18H19BrN2O2. The van der Waals surface area contributed by atoms with E-state index in [1.807, 2.05) is 12.1 Å². The molecule has 0 aromatic heterocycles. The van der Waals surface area contributed by atoms with Gasteiger partial charge in [0, 0.05) is 34.9 Å². The Bertz CT molecular complexity index is 664. The van der Waals surface area contributed by atoms with Gasteiger partial charge in [0.1, 0.15) is 0 Å². The van der Waals surface area contributed by atoms with Gasteiger partial charge in [-0.1, -0.05) is 40.9 Å². The van der Waals surface area contributed by atoms with Crippen LogP contribution in [0.4, 0.5) is 11.4 Å². The minimum atomic E-state index is -0.349. The second-order valence-electron chi connectivity index (χ2n) is 5.97. The zero-order valence-electron chi connectivity index (χ0n) is 12.8. The molecule has 1 saturated carbocycles. The molecule has 1 fully saturated rings. The molecule has 5 heteroatoms. The van der Waals surface area contributed by atoms with Crippen molar-refractivity contribution in [3.8, 4) is 0 Å². The van der Waals surface area contributed by atoms with Crippen LogP contribution in [0.2, 0.25) is 0 Å². The van der Waals surface area contributed by atoms with Gasteiger partial charge in [0.25, 0.3) is 5.69 Å². The summed E-state index contributed by atoms with van der Waals surface area (Å²) >= 11 is 3.47. The smallest absolute Gasteiger partial charge is 0.269 e. The summed E-state index contributed by atoms with van der Waals surface area (Å²) in [6.45, 7) is 0.829. The Hall–Kier alpha value is -1.88. The van der Waals surface area contributed by atoms with Gasteiger partial charge in [-0.2, -0.15) is 0 Å². The Labute approximate surface area is 144 Å². The molecule has 0 spiro atoms. The van der Waals surface area contributed by atoms with Crippen molar-refractivity contribution in [3.05, 3.63) is 68.7 Å². The van der Waals surface area contributed by atoms with Crippen molar-refractivity contribution in [2.45, 2.75) is 38.3 Å². The lowest BCUT2D eigenvalue weighted by Gasteiger charge is -2.31. The molecule has 0 heterocycles. The lowest BCUT2D eigenvalue weighted by Crippen LogP contribution is -2.32. The molecule has 2 aromatic carbocycles. The van der Waals surface area contributed by atoms with Crippen LogP contribution in [0, 0.1) is 10.1 Å². The number of nitrogens with zero attached hydrogens (tertiary/aromatic N) is 2. The van der Waals surface area contributed by atoms with Crippen LogP contribution in [0.3, 0.4) is 0 Å². The molecule has 0 atom stereocenters. The molecule has 0 saturated heterocycles. The van der Waals surface area contributed by atoms with Crippen LogP contribution in [0.1, 0.15) is 31.2 Å². The van der Waals surface area contributed by atoms with Crippen molar-refractivity contribution < 1.29 is 4.92 Å². The van der Waals surface area contributed by atoms with Crippen molar-refractivity contribution in [2.24, 2.45) is 0 Å². The summed E-state index contributed by atoms with van der Waals surface area (Å²) in [7, 11) is 0.